The number of oxazole rings is 1. The van der Waals surface area contributed by atoms with Gasteiger partial charge >= 0.3 is 0 Å². The minimum Gasteiger partial charge on any atom is -0.441 e. The fraction of sp³-hybridized carbons (Fsp3) is 0.182. The molecule has 1 heterocycles. The molecule has 2 nitrogen and oxygen atoms in total. The summed E-state index contributed by atoms with van der Waals surface area (Å²) >= 11 is 11.2. The maximum absolute atomic E-state index is 13.6. The van der Waals surface area contributed by atoms with E-state index in [0.717, 1.165) is 0 Å². The van der Waals surface area contributed by atoms with Gasteiger partial charge in [-0.3, -0.25) is 0 Å². The Morgan fingerprint density at radius 2 is 2.19 bits per heavy atom. The van der Waals surface area contributed by atoms with Crippen LogP contribution in [-0.2, 0) is 6.42 Å². The average molecular weight is 260 g/mol. The Kier molecular flexibility index (Phi) is 3.46. The lowest BCUT2D eigenvalue weighted by Crippen LogP contribution is -1.84. The van der Waals surface area contributed by atoms with E-state index in [4.69, 9.17) is 27.6 Å². The molecule has 1 aromatic carbocycles. The maximum atomic E-state index is 13.6. The van der Waals surface area contributed by atoms with E-state index in [-0.39, 0.29) is 5.02 Å². The van der Waals surface area contributed by atoms with Crippen LogP contribution in [0.2, 0.25) is 5.02 Å². The first-order chi connectivity index (χ1) is 7.72. The molecule has 0 fully saturated rings. The van der Waals surface area contributed by atoms with Gasteiger partial charge < -0.3 is 4.42 Å². The first kappa shape index (κ1) is 11.4. The van der Waals surface area contributed by atoms with Crippen LogP contribution >= 0.6 is 23.2 Å². The molecule has 1 aromatic heterocycles. The Bertz CT molecular complexity index is 498. The summed E-state index contributed by atoms with van der Waals surface area (Å²) < 4.78 is 19.0. The molecule has 0 saturated carbocycles. The molecule has 0 bridgehead atoms. The van der Waals surface area contributed by atoms with Gasteiger partial charge in [0.05, 0.1) is 16.8 Å². The van der Waals surface area contributed by atoms with Crippen LogP contribution in [0.3, 0.4) is 0 Å². The second-order valence-corrected chi connectivity index (χ2v) is 3.94. The third-order valence-corrected chi connectivity index (χ3v) is 2.56. The van der Waals surface area contributed by atoms with Crippen LogP contribution in [0, 0.1) is 5.82 Å². The molecule has 0 saturated heterocycles. The van der Waals surface area contributed by atoms with Gasteiger partial charge in [0, 0.05) is 12.3 Å². The Morgan fingerprint density at radius 1 is 1.38 bits per heavy atom. The monoisotopic (exact) mass is 259 g/mol. The standard InChI is InChI=1S/C11H8Cl2FNO/c12-5-4-10-15-6-9(16-10)7-2-1-3-8(13)11(7)14/h1-3,6H,4-5H2. The molecule has 0 spiro atoms. The quantitative estimate of drug-likeness (QED) is 0.782. The molecule has 0 unspecified atom stereocenters. The summed E-state index contributed by atoms with van der Waals surface area (Å²) in [5, 5.41) is 0.0628. The molecule has 84 valence electrons. The second-order valence-electron chi connectivity index (χ2n) is 3.16. The molecule has 2 rings (SSSR count). The molecule has 5 heteroatoms. The van der Waals surface area contributed by atoms with Crippen LogP contribution < -0.4 is 0 Å². The molecular formula is C11H8Cl2FNO. The van der Waals surface area contributed by atoms with Crippen molar-refractivity contribution >= 4 is 23.2 Å². The van der Waals surface area contributed by atoms with Gasteiger partial charge in [-0.2, -0.15) is 0 Å². The van der Waals surface area contributed by atoms with Crippen molar-refractivity contribution in [2.24, 2.45) is 0 Å². The Balaban J connectivity index is 2.39. The number of rotatable bonds is 3. The predicted molar refractivity (Wildman–Crippen MR) is 61.3 cm³/mol. The Hall–Kier alpha value is -1.06. The lowest BCUT2D eigenvalue weighted by molar-refractivity contribution is 0.510. The number of alkyl halides is 1. The number of aromatic nitrogens is 1. The van der Waals surface area contributed by atoms with Crippen molar-refractivity contribution in [2.45, 2.75) is 6.42 Å². The van der Waals surface area contributed by atoms with Crippen molar-refractivity contribution in [3.63, 3.8) is 0 Å². The van der Waals surface area contributed by atoms with Crippen molar-refractivity contribution in [1.82, 2.24) is 4.98 Å². The first-order valence-electron chi connectivity index (χ1n) is 4.67. The fourth-order valence-electron chi connectivity index (χ4n) is 1.33. The van der Waals surface area contributed by atoms with E-state index in [0.29, 0.717) is 29.5 Å². The van der Waals surface area contributed by atoms with Gasteiger partial charge in [0.25, 0.3) is 0 Å². The van der Waals surface area contributed by atoms with Gasteiger partial charge in [-0.05, 0) is 12.1 Å². The summed E-state index contributed by atoms with van der Waals surface area (Å²) in [6.45, 7) is 0. The highest BCUT2D eigenvalue weighted by Crippen LogP contribution is 2.28. The maximum Gasteiger partial charge on any atom is 0.196 e. The minimum absolute atomic E-state index is 0.0628. The SMILES string of the molecule is Fc1c(Cl)cccc1-c1cnc(CCCl)o1. The molecule has 0 amide bonds. The van der Waals surface area contributed by atoms with E-state index in [1.165, 1.54) is 12.3 Å². The van der Waals surface area contributed by atoms with Crippen LogP contribution in [0.1, 0.15) is 5.89 Å². The first-order valence-corrected chi connectivity index (χ1v) is 5.58. The minimum atomic E-state index is -0.502. The second kappa shape index (κ2) is 4.85. The van der Waals surface area contributed by atoms with Crippen LogP contribution in [0.4, 0.5) is 4.39 Å². The summed E-state index contributed by atoms with van der Waals surface area (Å²) in [5.74, 6) is 0.764. The molecule has 0 radical (unpaired) electrons. The molecule has 0 atom stereocenters. The highest BCUT2D eigenvalue weighted by Gasteiger charge is 2.12. The van der Waals surface area contributed by atoms with Crippen LogP contribution in [0.15, 0.2) is 28.8 Å². The van der Waals surface area contributed by atoms with Crippen molar-refractivity contribution < 1.29 is 8.81 Å². The number of benzene rings is 1. The smallest absolute Gasteiger partial charge is 0.196 e. The number of halogens is 3. The zero-order chi connectivity index (χ0) is 11.5. The van der Waals surface area contributed by atoms with E-state index < -0.39 is 5.82 Å². The number of nitrogens with zero attached hydrogens (tertiary/aromatic N) is 1. The van der Waals surface area contributed by atoms with Crippen LogP contribution in [-0.4, -0.2) is 10.9 Å². The summed E-state index contributed by atoms with van der Waals surface area (Å²) in [7, 11) is 0. The normalized spacial score (nSPS) is 10.7. The van der Waals surface area contributed by atoms with Crippen molar-refractivity contribution in [3.05, 3.63) is 41.1 Å². The highest BCUT2D eigenvalue weighted by atomic mass is 35.5. The van der Waals surface area contributed by atoms with Crippen molar-refractivity contribution in [2.75, 3.05) is 5.88 Å². The topological polar surface area (TPSA) is 26.0 Å². The van der Waals surface area contributed by atoms with Gasteiger partial charge in [0.1, 0.15) is 0 Å². The number of hydrogen-bond donors (Lipinski definition) is 0. The summed E-state index contributed by atoms with van der Waals surface area (Å²) in [6.07, 6.45) is 1.99. The summed E-state index contributed by atoms with van der Waals surface area (Å²) in [5.41, 5.74) is 0.306. The molecule has 0 aliphatic rings. The zero-order valence-corrected chi connectivity index (χ0v) is 9.72. The van der Waals surface area contributed by atoms with E-state index in [2.05, 4.69) is 4.98 Å². The Labute approximate surface area is 102 Å². The van der Waals surface area contributed by atoms with E-state index in [1.54, 1.807) is 12.1 Å². The average Bonchev–Trinajstić information content (AvgIpc) is 2.71. The van der Waals surface area contributed by atoms with Gasteiger partial charge in [-0.25, -0.2) is 9.37 Å². The Morgan fingerprint density at radius 3 is 2.94 bits per heavy atom. The number of aryl methyl sites for hydroxylation is 1. The zero-order valence-electron chi connectivity index (χ0n) is 8.21. The fourth-order valence-corrected chi connectivity index (χ4v) is 1.66. The molecular weight excluding hydrogens is 252 g/mol. The molecule has 2 aromatic rings. The summed E-state index contributed by atoms with van der Waals surface area (Å²) in [4.78, 5) is 3.99. The lowest BCUT2D eigenvalue weighted by atomic mass is 10.2. The van der Waals surface area contributed by atoms with E-state index >= 15 is 0 Å². The largest absolute Gasteiger partial charge is 0.441 e. The molecule has 16 heavy (non-hydrogen) atoms. The van der Waals surface area contributed by atoms with Gasteiger partial charge in [0.2, 0.25) is 0 Å². The predicted octanol–water partition coefficient (Wildman–Crippen LogP) is 3.92. The van der Waals surface area contributed by atoms with Crippen molar-refractivity contribution in [1.29, 1.82) is 0 Å². The molecule has 0 N–H and O–H groups in total. The third-order valence-electron chi connectivity index (χ3n) is 2.08. The van der Waals surface area contributed by atoms with Crippen LogP contribution in [0.5, 0.6) is 0 Å². The van der Waals surface area contributed by atoms with Gasteiger partial charge in [-0.15, -0.1) is 11.6 Å². The van der Waals surface area contributed by atoms with E-state index in [9.17, 15) is 4.39 Å². The molecule has 0 aliphatic carbocycles. The number of hydrogen-bond acceptors (Lipinski definition) is 2. The van der Waals surface area contributed by atoms with Gasteiger partial charge in [-0.1, -0.05) is 17.7 Å². The molecule has 0 aliphatic heterocycles. The third kappa shape index (κ3) is 2.20. The van der Waals surface area contributed by atoms with E-state index in [1.807, 2.05) is 0 Å². The van der Waals surface area contributed by atoms with Crippen molar-refractivity contribution in [3.8, 4) is 11.3 Å². The van der Waals surface area contributed by atoms with Gasteiger partial charge in [0.15, 0.2) is 17.5 Å². The van der Waals surface area contributed by atoms with Crippen LogP contribution in [0.25, 0.3) is 11.3 Å². The summed E-state index contributed by atoms with van der Waals surface area (Å²) in [6, 6.07) is 4.73. The lowest BCUT2D eigenvalue weighted by Gasteiger charge is -1.99. The highest BCUT2D eigenvalue weighted by molar-refractivity contribution is 6.31.